The SMILES string of the molecule is CS(=O)(=O)CCNC(=O)CNCC1CC1.Cl. The summed E-state index contributed by atoms with van der Waals surface area (Å²) in [5.74, 6) is 0.606. The van der Waals surface area contributed by atoms with E-state index in [1.165, 1.54) is 12.8 Å². The minimum atomic E-state index is -2.98. The monoisotopic (exact) mass is 270 g/mol. The van der Waals surface area contributed by atoms with E-state index in [1.54, 1.807) is 0 Å². The van der Waals surface area contributed by atoms with Crippen molar-refractivity contribution in [1.82, 2.24) is 10.6 Å². The van der Waals surface area contributed by atoms with Gasteiger partial charge in [0, 0.05) is 12.8 Å². The third kappa shape index (κ3) is 8.94. The van der Waals surface area contributed by atoms with Gasteiger partial charge in [-0.25, -0.2) is 8.42 Å². The van der Waals surface area contributed by atoms with E-state index in [0.29, 0.717) is 0 Å². The maximum absolute atomic E-state index is 11.2. The Balaban J connectivity index is 0.00000225. The highest BCUT2D eigenvalue weighted by Crippen LogP contribution is 2.27. The van der Waals surface area contributed by atoms with Crippen LogP contribution in [0.5, 0.6) is 0 Å². The third-order valence-corrected chi connectivity index (χ3v) is 3.16. The molecule has 1 saturated carbocycles. The van der Waals surface area contributed by atoms with Crippen molar-refractivity contribution in [3.05, 3.63) is 0 Å². The van der Waals surface area contributed by atoms with Crippen molar-refractivity contribution in [3.8, 4) is 0 Å². The number of rotatable bonds is 7. The Labute approximate surface area is 103 Å². The Kier molecular flexibility index (Phi) is 6.94. The molecule has 96 valence electrons. The lowest BCUT2D eigenvalue weighted by atomic mass is 10.4. The molecule has 0 aromatic carbocycles. The number of halogens is 1. The molecule has 1 fully saturated rings. The Morgan fingerprint density at radius 1 is 1.38 bits per heavy atom. The number of hydrogen-bond donors (Lipinski definition) is 2. The molecular weight excluding hydrogens is 252 g/mol. The zero-order valence-electron chi connectivity index (χ0n) is 9.36. The second kappa shape index (κ2) is 7.09. The molecule has 1 aliphatic rings. The molecule has 0 aliphatic heterocycles. The van der Waals surface area contributed by atoms with Gasteiger partial charge in [-0.15, -0.1) is 12.4 Å². The van der Waals surface area contributed by atoms with Crippen molar-refractivity contribution in [2.45, 2.75) is 12.8 Å². The van der Waals surface area contributed by atoms with Gasteiger partial charge in [-0.05, 0) is 25.3 Å². The normalized spacial score (nSPS) is 15.3. The fourth-order valence-corrected chi connectivity index (χ4v) is 1.62. The molecule has 7 heteroatoms. The van der Waals surface area contributed by atoms with Gasteiger partial charge in [0.05, 0.1) is 12.3 Å². The number of carbonyl (C=O) groups is 1. The molecule has 2 N–H and O–H groups in total. The first kappa shape index (κ1) is 15.7. The predicted octanol–water partition coefficient (Wildman–Crippen LogP) is -0.431. The van der Waals surface area contributed by atoms with Gasteiger partial charge in [-0.2, -0.15) is 0 Å². The maximum atomic E-state index is 11.2. The topological polar surface area (TPSA) is 75.3 Å². The fourth-order valence-electron chi connectivity index (χ4n) is 1.15. The van der Waals surface area contributed by atoms with E-state index in [-0.39, 0.29) is 37.2 Å². The zero-order chi connectivity index (χ0) is 11.3. The summed E-state index contributed by atoms with van der Waals surface area (Å²) in [5, 5.41) is 5.59. The van der Waals surface area contributed by atoms with Crippen LogP contribution >= 0.6 is 12.4 Å². The minimum Gasteiger partial charge on any atom is -0.354 e. The predicted molar refractivity (Wildman–Crippen MR) is 65.6 cm³/mol. The average Bonchev–Trinajstić information content (AvgIpc) is 2.85. The molecule has 0 aromatic rings. The molecule has 0 radical (unpaired) electrons. The third-order valence-electron chi connectivity index (χ3n) is 2.21. The van der Waals surface area contributed by atoms with Gasteiger partial charge >= 0.3 is 0 Å². The van der Waals surface area contributed by atoms with E-state index in [0.717, 1.165) is 18.7 Å². The van der Waals surface area contributed by atoms with Crippen LogP contribution in [0.2, 0.25) is 0 Å². The summed E-state index contributed by atoms with van der Waals surface area (Å²) in [4.78, 5) is 11.2. The van der Waals surface area contributed by atoms with Crippen LogP contribution in [0.15, 0.2) is 0 Å². The van der Waals surface area contributed by atoms with Crippen LogP contribution in [0, 0.1) is 5.92 Å². The summed E-state index contributed by atoms with van der Waals surface area (Å²) in [6, 6.07) is 0. The van der Waals surface area contributed by atoms with Gasteiger partial charge in [-0.3, -0.25) is 4.79 Å². The molecule has 0 bridgehead atoms. The molecule has 0 unspecified atom stereocenters. The maximum Gasteiger partial charge on any atom is 0.233 e. The van der Waals surface area contributed by atoms with Crippen molar-refractivity contribution < 1.29 is 13.2 Å². The first-order valence-corrected chi connectivity index (χ1v) is 7.18. The molecule has 0 atom stereocenters. The van der Waals surface area contributed by atoms with Crippen LogP contribution in [0.4, 0.5) is 0 Å². The van der Waals surface area contributed by atoms with Crippen molar-refractivity contribution >= 4 is 28.2 Å². The van der Waals surface area contributed by atoms with Crippen molar-refractivity contribution in [2.24, 2.45) is 5.92 Å². The summed E-state index contributed by atoms with van der Waals surface area (Å²) in [5.41, 5.74) is 0. The Morgan fingerprint density at radius 3 is 2.50 bits per heavy atom. The van der Waals surface area contributed by atoms with Gasteiger partial charge < -0.3 is 10.6 Å². The quantitative estimate of drug-likeness (QED) is 0.658. The van der Waals surface area contributed by atoms with E-state index in [2.05, 4.69) is 10.6 Å². The van der Waals surface area contributed by atoms with E-state index in [9.17, 15) is 13.2 Å². The highest BCUT2D eigenvalue weighted by Gasteiger charge is 2.20. The second-order valence-electron chi connectivity index (χ2n) is 4.05. The first-order chi connectivity index (χ1) is 6.97. The lowest BCUT2D eigenvalue weighted by Crippen LogP contribution is -2.36. The lowest BCUT2D eigenvalue weighted by Gasteiger charge is -2.05. The average molecular weight is 271 g/mol. The van der Waals surface area contributed by atoms with Gasteiger partial charge in [0.1, 0.15) is 9.84 Å². The van der Waals surface area contributed by atoms with Gasteiger partial charge in [0.2, 0.25) is 5.91 Å². The van der Waals surface area contributed by atoms with Crippen LogP contribution in [0.3, 0.4) is 0 Å². The minimum absolute atomic E-state index is 0. The highest BCUT2D eigenvalue weighted by molar-refractivity contribution is 7.90. The number of nitrogens with one attached hydrogen (secondary N) is 2. The van der Waals surface area contributed by atoms with E-state index >= 15 is 0 Å². The van der Waals surface area contributed by atoms with Crippen molar-refractivity contribution in [1.29, 1.82) is 0 Å². The molecule has 16 heavy (non-hydrogen) atoms. The number of carbonyl (C=O) groups excluding carboxylic acids is 1. The Morgan fingerprint density at radius 2 is 2.00 bits per heavy atom. The molecule has 1 rings (SSSR count). The number of sulfone groups is 1. The molecule has 1 amide bonds. The summed E-state index contributed by atoms with van der Waals surface area (Å²) >= 11 is 0. The van der Waals surface area contributed by atoms with Crippen LogP contribution < -0.4 is 10.6 Å². The largest absolute Gasteiger partial charge is 0.354 e. The van der Waals surface area contributed by atoms with Crippen molar-refractivity contribution in [2.75, 3.05) is 31.6 Å². The molecule has 1 aliphatic carbocycles. The Hall–Kier alpha value is -0.330. The molecule has 0 aromatic heterocycles. The number of hydrogen-bond acceptors (Lipinski definition) is 4. The van der Waals surface area contributed by atoms with Gasteiger partial charge in [-0.1, -0.05) is 0 Å². The van der Waals surface area contributed by atoms with E-state index in [1.807, 2.05) is 0 Å². The first-order valence-electron chi connectivity index (χ1n) is 5.12. The smallest absolute Gasteiger partial charge is 0.233 e. The van der Waals surface area contributed by atoms with E-state index in [4.69, 9.17) is 0 Å². The van der Waals surface area contributed by atoms with Crippen LogP contribution in [0.25, 0.3) is 0 Å². The van der Waals surface area contributed by atoms with Gasteiger partial charge in [0.25, 0.3) is 0 Å². The second-order valence-corrected chi connectivity index (χ2v) is 6.31. The Bertz CT molecular complexity index is 315. The fraction of sp³-hybridized carbons (Fsp3) is 0.889. The van der Waals surface area contributed by atoms with Crippen LogP contribution in [-0.2, 0) is 14.6 Å². The summed E-state index contributed by atoms with van der Waals surface area (Å²) in [6.45, 7) is 1.36. The number of amides is 1. The standard InChI is InChI=1S/C9H18N2O3S.ClH/c1-15(13,14)5-4-11-9(12)7-10-6-8-2-3-8;/h8,10H,2-7H2,1H3,(H,11,12);1H. The summed E-state index contributed by atoms with van der Waals surface area (Å²) in [6.07, 6.45) is 3.66. The van der Waals surface area contributed by atoms with E-state index < -0.39 is 9.84 Å². The van der Waals surface area contributed by atoms with Gasteiger partial charge in [0.15, 0.2) is 0 Å². The van der Waals surface area contributed by atoms with Crippen LogP contribution in [-0.4, -0.2) is 46.0 Å². The summed E-state index contributed by atoms with van der Waals surface area (Å²) in [7, 11) is -2.98. The van der Waals surface area contributed by atoms with Crippen molar-refractivity contribution in [3.63, 3.8) is 0 Å². The summed E-state index contributed by atoms with van der Waals surface area (Å²) < 4.78 is 21.5. The van der Waals surface area contributed by atoms with Crippen LogP contribution in [0.1, 0.15) is 12.8 Å². The molecule has 0 saturated heterocycles. The molecule has 0 spiro atoms. The lowest BCUT2D eigenvalue weighted by molar-refractivity contribution is -0.120. The molecule has 5 nitrogen and oxygen atoms in total. The molecule has 0 heterocycles. The molecular formula is C9H19ClN2O3S. The highest BCUT2D eigenvalue weighted by atomic mass is 35.5. The zero-order valence-corrected chi connectivity index (χ0v) is 11.0.